The fraction of sp³-hybridized carbons (Fsp3) is 0.333. The van der Waals surface area contributed by atoms with Gasteiger partial charge in [0, 0.05) is 12.0 Å². The van der Waals surface area contributed by atoms with Crippen LogP contribution in [0.5, 0.6) is 5.75 Å². The molecule has 0 saturated heterocycles. The summed E-state index contributed by atoms with van der Waals surface area (Å²) in [5.74, 6) is 6.13. The predicted octanol–water partition coefficient (Wildman–Crippen LogP) is 3.51. The molecule has 0 atom stereocenters. The van der Waals surface area contributed by atoms with Crippen LogP contribution in [0.4, 0.5) is 0 Å². The molecule has 0 aromatic heterocycles. The van der Waals surface area contributed by atoms with Crippen LogP contribution in [0, 0.1) is 11.8 Å². The monoisotopic (exact) mass is 393 g/mol. The maximum atomic E-state index is 11.9. The van der Waals surface area contributed by atoms with Gasteiger partial charge in [0.05, 0.1) is 13.2 Å². The maximum absolute atomic E-state index is 11.9. The quantitative estimate of drug-likeness (QED) is 0.381. The molecule has 5 heteroatoms. The number of unbranched alkanes of at least 4 members (excludes halogenated alkanes) is 1. The standard InChI is InChI=1S/C24H27NO4/c1-2-28-24(27)19-29-22-16-14-21(15-17-22)12-8-18-25-23(26)13-7-6-11-20-9-4-3-5-10-20/h3-5,9-10,14-17H,2,6-7,11,13,18-19H2,1H3,(H,25,26). The van der Waals surface area contributed by atoms with Gasteiger partial charge in [-0.1, -0.05) is 42.2 Å². The van der Waals surface area contributed by atoms with Crippen LogP contribution in [0.2, 0.25) is 0 Å². The number of hydrogen-bond acceptors (Lipinski definition) is 4. The van der Waals surface area contributed by atoms with E-state index < -0.39 is 5.97 Å². The third-order valence-corrected chi connectivity index (χ3v) is 4.09. The van der Waals surface area contributed by atoms with E-state index in [4.69, 9.17) is 9.47 Å². The van der Waals surface area contributed by atoms with Gasteiger partial charge in [0.15, 0.2) is 6.61 Å². The van der Waals surface area contributed by atoms with Gasteiger partial charge in [-0.15, -0.1) is 0 Å². The molecule has 1 amide bonds. The zero-order chi connectivity index (χ0) is 20.7. The van der Waals surface area contributed by atoms with Gasteiger partial charge in [0.1, 0.15) is 5.75 Å². The lowest BCUT2D eigenvalue weighted by atomic mass is 10.1. The second-order valence-corrected chi connectivity index (χ2v) is 6.39. The number of esters is 1. The topological polar surface area (TPSA) is 64.6 Å². The molecule has 0 heterocycles. The predicted molar refractivity (Wildman–Crippen MR) is 112 cm³/mol. The van der Waals surface area contributed by atoms with Gasteiger partial charge in [-0.3, -0.25) is 4.79 Å². The van der Waals surface area contributed by atoms with E-state index in [-0.39, 0.29) is 12.5 Å². The third kappa shape index (κ3) is 9.48. The summed E-state index contributed by atoms with van der Waals surface area (Å²) in [6, 6.07) is 17.4. The Hall–Kier alpha value is -3.26. The minimum Gasteiger partial charge on any atom is -0.482 e. The average molecular weight is 393 g/mol. The summed E-state index contributed by atoms with van der Waals surface area (Å²) in [6.07, 6.45) is 3.36. The Bertz CT molecular complexity index is 819. The maximum Gasteiger partial charge on any atom is 0.344 e. The molecule has 2 aromatic rings. The first-order chi connectivity index (χ1) is 14.2. The molecule has 0 spiro atoms. The Morgan fingerprint density at radius 3 is 2.48 bits per heavy atom. The second-order valence-electron chi connectivity index (χ2n) is 6.39. The molecule has 1 N–H and O–H groups in total. The zero-order valence-corrected chi connectivity index (χ0v) is 16.8. The molecule has 0 aliphatic rings. The van der Waals surface area contributed by atoms with Crippen molar-refractivity contribution in [1.29, 1.82) is 0 Å². The van der Waals surface area contributed by atoms with Gasteiger partial charge in [-0.25, -0.2) is 4.79 Å². The van der Waals surface area contributed by atoms with E-state index in [1.807, 2.05) is 18.2 Å². The van der Waals surface area contributed by atoms with Crippen LogP contribution in [0.3, 0.4) is 0 Å². The van der Waals surface area contributed by atoms with Crippen LogP contribution in [-0.2, 0) is 20.7 Å². The number of benzene rings is 2. The molecule has 0 saturated carbocycles. The average Bonchev–Trinajstić information content (AvgIpc) is 2.74. The van der Waals surface area contributed by atoms with E-state index in [1.165, 1.54) is 5.56 Å². The lowest BCUT2D eigenvalue weighted by Crippen LogP contribution is -2.23. The molecule has 0 unspecified atom stereocenters. The fourth-order valence-electron chi connectivity index (χ4n) is 2.62. The summed E-state index contributed by atoms with van der Waals surface area (Å²) in [6.45, 7) is 2.29. The molecule has 0 radical (unpaired) electrons. The highest BCUT2D eigenvalue weighted by molar-refractivity contribution is 5.76. The number of amides is 1. The minimum atomic E-state index is -0.396. The number of carbonyl (C=O) groups excluding carboxylic acids is 2. The van der Waals surface area contributed by atoms with E-state index in [0.29, 0.717) is 25.3 Å². The highest BCUT2D eigenvalue weighted by atomic mass is 16.6. The molecule has 2 aromatic carbocycles. The van der Waals surface area contributed by atoms with Crippen molar-refractivity contribution in [2.75, 3.05) is 19.8 Å². The van der Waals surface area contributed by atoms with Gasteiger partial charge >= 0.3 is 5.97 Å². The second kappa shape index (κ2) is 13.0. The molecule has 2 rings (SSSR count). The zero-order valence-electron chi connectivity index (χ0n) is 16.8. The highest BCUT2D eigenvalue weighted by Crippen LogP contribution is 2.11. The van der Waals surface area contributed by atoms with E-state index in [1.54, 1.807) is 31.2 Å². The molecular weight excluding hydrogens is 366 g/mol. The molecule has 0 aliphatic carbocycles. The lowest BCUT2D eigenvalue weighted by Gasteiger charge is -2.05. The van der Waals surface area contributed by atoms with Crippen molar-refractivity contribution in [1.82, 2.24) is 5.32 Å². The number of hydrogen-bond donors (Lipinski definition) is 1. The highest BCUT2D eigenvalue weighted by Gasteiger charge is 2.03. The summed E-state index contributed by atoms with van der Waals surface area (Å²) < 4.78 is 10.1. The molecule has 0 aliphatic heterocycles. The number of carbonyl (C=O) groups is 2. The van der Waals surface area contributed by atoms with Gasteiger partial charge < -0.3 is 14.8 Å². The minimum absolute atomic E-state index is 0.0232. The number of ether oxygens (including phenoxy) is 2. The molecular formula is C24H27NO4. The van der Waals surface area contributed by atoms with Crippen LogP contribution in [0.1, 0.15) is 37.3 Å². The normalized spacial score (nSPS) is 9.83. The van der Waals surface area contributed by atoms with Gasteiger partial charge in [-0.05, 0) is 56.0 Å². The Balaban J connectivity index is 1.61. The van der Waals surface area contributed by atoms with Crippen LogP contribution in [-0.4, -0.2) is 31.6 Å². The first-order valence-electron chi connectivity index (χ1n) is 9.85. The van der Waals surface area contributed by atoms with Crippen molar-refractivity contribution in [2.24, 2.45) is 0 Å². The largest absolute Gasteiger partial charge is 0.482 e. The number of rotatable bonds is 10. The SMILES string of the molecule is CCOC(=O)COc1ccc(C#CCNC(=O)CCCCc2ccccc2)cc1. The van der Waals surface area contributed by atoms with Crippen LogP contribution in [0.15, 0.2) is 54.6 Å². The van der Waals surface area contributed by atoms with E-state index in [0.717, 1.165) is 24.8 Å². The summed E-state index contributed by atoms with van der Waals surface area (Å²) in [5, 5.41) is 2.82. The molecule has 29 heavy (non-hydrogen) atoms. The Morgan fingerprint density at radius 1 is 1.00 bits per heavy atom. The van der Waals surface area contributed by atoms with Crippen molar-refractivity contribution in [3.63, 3.8) is 0 Å². The summed E-state index contributed by atoms with van der Waals surface area (Å²) in [5.41, 5.74) is 2.11. The van der Waals surface area contributed by atoms with Crippen molar-refractivity contribution >= 4 is 11.9 Å². The molecule has 0 bridgehead atoms. The fourth-order valence-corrected chi connectivity index (χ4v) is 2.62. The first-order valence-corrected chi connectivity index (χ1v) is 9.85. The summed E-state index contributed by atoms with van der Waals surface area (Å²) in [7, 11) is 0. The first kappa shape index (κ1) is 22.0. The van der Waals surface area contributed by atoms with Gasteiger partial charge in [0.2, 0.25) is 5.91 Å². The lowest BCUT2D eigenvalue weighted by molar-refractivity contribution is -0.145. The summed E-state index contributed by atoms with van der Waals surface area (Å²) in [4.78, 5) is 23.1. The number of nitrogens with one attached hydrogen (secondary N) is 1. The van der Waals surface area contributed by atoms with Gasteiger partial charge in [0.25, 0.3) is 0 Å². The van der Waals surface area contributed by atoms with Crippen LogP contribution in [0.25, 0.3) is 0 Å². The van der Waals surface area contributed by atoms with Crippen molar-refractivity contribution < 1.29 is 19.1 Å². The Labute approximate surface area is 172 Å². The van der Waals surface area contributed by atoms with Gasteiger partial charge in [-0.2, -0.15) is 0 Å². The van der Waals surface area contributed by atoms with E-state index >= 15 is 0 Å². The smallest absolute Gasteiger partial charge is 0.344 e. The van der Waals surface area contributed by atoms with E-state index in [2.05, 4.69) is 29.3 Å². The molecule has 152 valence electrons. The van der Waals surface area contributed by atoms with Crippen LogP contribution >= 0.6 is 0 Å². The third-order valence-electron chi connectivity index (χ3n) is 4.09. The van der Waals surface area contributed by atoms with Crippen molar-refractivity contribution in [3.8, 4) is 17.6 Å². The Morgan fingerprint density at radius 2 is 1.76 bits per heavy atom. The van der Waals surface area contributed by atoms with E-state index in [9.17, 15) is 9.59 Å². The molecule has 0 fully saturated rings. The molecule has 5 nitrogen and oxygen atoms in total. The number of aryl methyl sites for hydroxylation is 1. The van der Waals surface area contributed by atoms with Crippen LogP contribution < -0.4 is 10.1 Å². The van der Waals surface area contributed by atoms with Crippen molar-refractivity contribution in [3.05, 3.63) is 65.7 Å². The Kier molecular flexibility index (Phi) is 9.88. The van der Waals surface area contributed by atoms with Crippen molar-refractivity contribution in [2.45, 2.75) is 32.6 Å². The summed E-state index contributed by atoms with van der Waals surface area (Å²) >= 11 is 0.